The van der Waals surface area contributed by atoms with Gasteiger partial charge in [0.15, 0.2) is 0 Å². The van der Waals surface area contributed by atoms with E-state index in [1.54, 1.807) is 0 Å². The van der Waals surface area contributed by atoms with Crippen molar-refractivity contribution in [3.8, 4) is 11.5 Å². The van der Waals surface area contributed by atoms with Crippen molar-refractivity contribution in [3.05, 3.63) is 22.7 Å². The zero-order valence-corrected chi connectivity index (χ0v) is 10.7. The first-order valence-electron chi connectivity index (χ1n) is 4.74. The number of rotatable bonds is 4. The minimum atomic E-state index is 0.250. The van der Waals surface area contributed by atoms with Gasteiger partial charge in [-0.1, -0.05) is 6.07 Å². The number of halogens is 1. The van der Waals surface area contributed by atoms with Gasteiger partial charge in [-0.25, -0.2) is 0 Å². The van der Waals surface area contributed by atoms with E-state index in [-0.39, 0.29) is 6.15 Å². The molecular formula is C11H13BrO4. The molecule has 0 aliphatic rings. The van der Waals surface area contributed by atoms with Crippen molar-refractivity contribution in [2.24, 2.45) is 0 Å². The fourth-order valence-electron chi connectivity index (χ4n) is 1.02. The topological polar surface area (TPSA) is 52.6 Å². The Morgan fingerprint density at radius 1 is 1.12 bits per heavy atom. The normalized spacial score (nSPS) is 8.44. The van der Waals surface area contributed by atoms with E-state index in [1.165, 1.54) is 0 Å². The first-order chi connectivity index (χ1) is 7.71. The van der Waals surface area contributed by atoms with Crippen LogP contribution in [0.2, 0.25) is 0 Å². The lowest BCUT2D eigenvalue weighted by Gasteiger charge is -2.09. The minimum absolute atomic E-state index is 0.250. The van der Waals surface area contributed by atoms with Gasteiger partial charge in [-0.05, 0) is 41.9 Å². The van der Waals surface area contributed by atoms with E-state index in [4.69, 9.17) is 19.1 Å². The van der Waals surface area contributed by atoms with Crippen molar-refractivity contribution in [3.63, 3.8) is 0 Å². The van der Waals surface area contributed by atoms with E-state index in [9.17, 15) is 0 Å². The summed E-state index contributed by atoms with van der Waals surface area (Å²) in [6.07, 6.45) is 0.250. The highest BCUT2D eigenvalue weighted by molar-refractivity contribution is 9.10. The molecule has 0 radical (unpaired) electrons. The highest BCUT2D eigenvalue weighted by Gasteiger charge is 2.05. The van der Waals surface area contributed by atoms with E-state index < -0.39 is 0 Å². The summed E-state index contributed by atoms with van der Waals surface area (Å²) in [5.74, 6) is 1.65. The third-order valence-electron chi connectivity index (χ3n) is 1.53. The molecule has 88 valence electrons. The Morgan fingerprint density at radius 2 is 1.50 bits per heavy atom. The number of benzene rings is 1. The van der Waals surface area contributed by atoms with Gasteiger partial charge in [-0.3, -0.25) is 0 Å². The molecule has 0 heterocycles. The van der Waals surface area contributed by atoms with Crippen LogP contribution in [0, 0.1) is 0 Å². The molecule has 0 saturated carbocycles. The smallest absolute Gasteiger partial charge is 0.373 e. The Hall–Kier alpha value is -1.32. The fraction of sp³-hybridized carbons (Fsp3) is 0.364. The molecule has 16 heavy (non-hydrogen) atoms. The van der Waals surface area contributed by atoms with Gasteiger partial charge in [0.2, 0.25) is 0 Å². The Balaban J connectivity index is 0.000000673. The van der Waals surface area contributed by atoms with Crippen molar-refractivity contribution in [2.75, 3.05) is 13.2 Å². The van der Waals surface area contributed by atoms with Gasteiger partial charge in [-0.15, -0.1) is 0 Å². The summed E-state index contributed by atoms with van der Waals surface area (Å²) in [6.45, 7) is 5.24. The second kappa shape index (κ2) is 8.95. The molecule has 0 saturated heterocycles. The van der Waals surface area contributed by atoms with Gasteiger partial charge in [0, 0.05) is 0 Å². The maximum Gasteiger partial charge on any atom is 0.373 e. The first-order valence-corrected chi connectivity index (χ1v) is 5.53. The predicted octanol–water partition coefficient (Wildman–Crippen LogP) is 2.66. The molecule has 0 atom stereocenters. The van der Waals surface area contributed by atoms with E-state index >= 15 is 0 Å². The molecule has 0 spiro atoms. The lowest BCUT2D eigenvalue weighted by molar-refractivity contribution is -0.191. The number of hydrogen-bond acceptors (Lipinski definition) is 4. The van der Waals surface area contributed by atoms with Gasteiger partial charge in [0.05, 0.1) is 13.2 Å². The van der Waals surface area contributed by atoms with E-state index in [0.717, 1.165) is 16.0 Å². The van der Waals surface area contributed by atoms with Crippen LogP contribution in [0.15, 0.2) is 22.7 Å². The van der Waals surface area contributed by atoms with Gasteiger partial charge >= 0.3 is 6.15 Å². The molecule has 1 rings (SSSR count). The van der Waals surface area contributed by atoms with Crippen LogP contribution in [-0.4, -0.2) is 19.4 Å². The molecule has 0 aliphatic heterocycles. The molecule has 0 fully saturated rings. The molecule has 1 aromatic rings. The van der Waals surface area contributed by atoms with Crippen molar-refractivity contribution in [1.82, 2.24) is 0 Å². The SMILES string of the molecule is CCOc1cccc(OCC)c1Br.O=C=O. The maximum absolute atomic E-state index is 8.12. The van der Waals surface area contributed by atoms with Gasteiger partial charge in [-0.2, -0.15) is 9.59 Å². The quantitative estimate of drug-likeness (QED) is 0.855. The summed E-state index contributed by atoms with van der Waals surface area (Å²) >= 11 is 3.43. The Morgan fingerprint density at radius 3 is 1.81 bits per heavy atom. The second-order valence-corrected chi connectivity index (χ2v) is 3.31. The molecule has 1 aromatic carbocycles. The third-order valence-corrected chi connectivity index (χ3v) is 2.31. The van der Waals surface area contributed by atoms with Gasteiger partial charge < -0.3 is 9.47 Å². The summed E-state index contributed by atoms with van der Waals surface area (Å²) in [7, 11) is 0. The monoisotopic (exact) mass is 288 g/mol. The minimum Gasteiger partial charge on any atom is -0.493 e. The van der Waals surface area contributed by atoms with Gasteiger partial charge in [0.25, 0.3) is 0 Å². The average Bonchev–Trinajstić information content (AvgIpc) is 2.26. The molecule has 0 aliphatic carbocycles. The summed E-state index contributed by atoms with van der Waals surface area (Å²) in [5.41, 5.74) is 0. The third kappa shape index (κ3) is 4.96. The molecule has 5 heteroatoms. The first kappa shape index (κ1) is 14.7. The molecule has 0 aromatic heterocycles. The number of carbonyl (C=O) groups excluding carboxylic acids is 2. The van der Waals surface area contributed by atoms with Crippen LogP contribution in [0.25, 0.3) is 0 Å². The predicted molar refractivity (Wildman–Crippen MR) is 61.5 cm³/mol. The van der Waals surface area contributed by atoms with E-state index in [2.05, 4.69) is 15.9 Å². The molecular weight excluding hydrogens is 276 g/mol. The lowest BCUT2D eigenvalue weighted by Crippen LogP contribution is -1.96. The Kier molecular flexibility index (Phi) is 8.21. The standard InChI is InChI=1S/C10H13BrO2.CO2/c1-3-12-8-6-5-7-9(10(8)11)13-4-2;2-1-3/h5-7H,3-4H2,1-2H3;. The van der Waals surface area contributed by atoms with E-state index in [1.807, 2.05) is 32.0 Å². The molecule has 0 N–H and O–H groups in total. The maximum atomic E-state index is 8.12. The van der Waals surface area contributed by atoms with Crippen molar-refractivity contribution < 1.29 is 19.1 Å². The van der Waals surface area contributed by atoms with Crippen LogP contribution >= 0.6 is 15.9 Å². The van der Waals surface area contributed by atoms with E-state index in [0.29, 0.717) is 13.2 Å². The highest BCUT2D eigenvalue weighted by atomic mass is 79.9. The van der Waals surface area contributed by atoms with Crippen molar-refractivity contribution in [1.29, 1.82) is 0 Å². The number of hydrogen-bond donors (Lipinski definition) is 0. The summed E-state index contributed by atoms with van der Waals surface area (Å²) in [5, 5.41) is 0. The molecule has 4 nitrogen and oxygen atoms in total. The van der Waals surface area contributed by atoms with Crippen molar-refractivity contribution in [2.45, 2.75) is 13.8 Å². The lowest BCUT2D eigenvalue weighted by atomic mass is 10.3. The summed E-state index contributed by atoms with van der Waals surface area (Å²) < 4.78 is 11.7. The van der Waals surface area contributed by atoms with Crippen LogP contribution in [0.4, 0.5) is 0 Å². The Labute approximate surface area is 103 Å². The van der Waals surface area contributed by atoms with Crippen LogP contribution < -0.4 is 9.47 Å². The Bertz CT molecular complexity index is 322. The zero-order chi connectivity index (χ0) is 12.4. The fourth-order valence-corrected chi connectivity index (χ4v) is 1.52. The number of ether oxygens (including phenoxy) is 2. The van der Waals surface area contributed by atoms with Crippen LogP contribution in [0.1, 0.15) is 13.8 Å². The van der Waals surface area contributed by atoms with Crippen LogP contribution in [0.5, 0.6) is 11.5 Å². The summed E-state index contributed by atoms with van der Waals surface area (Å²) in [4.78, 5) is 16.2. The van der Waals surface area contributed by atoms with Crippen LogP contribution in [-0.2, 0) is 9.59 Å². The molecule has 0 amide bonds. The average molecular weight is 289 g/mol. The molecule has 0 unspecified atom stereocenters. The van der Waals surface area contributed by atoms with Crippen molar-refractivity contribution >= 4 is 22.1 Å². The van der Waals surface area contributed by atoms with Gasteiger partial charge in [0.1, 0.15) is 16.0 Å². The molecule has 0 bridgehead atoms. The van der Waals surface area contributed by atoms with Crippen LogP contribution in [0.3, 0.4) is 0 Å². The highest BCUT2D eigenvalue weighted by Crippen LogP contribution is 2.33. The largest absolute Gasteiger partial charge is 0.493 e. The summed E-state index contributed by atoms with van der Waals surface area (Å²) in [6, 6.07) is 5.74. The second-order valence-electron chi connectivity index (χ2n) is 2.52. The zero-order valence-electron chi connectivity index (χ0n) is 9.16.